The molecule has 0 radical (unpaired) electrons. The highest BCUT2D eigenvalue weighted by Gasteiger charge is 2.24. The van der Waals surface area contributed by atoms with Crippen LogP contribution in [0.25, 0.3) is 0 Å². The third-order valence-corrected chi connectivity index (χ3v) is 4.15. The minimum Gasteiger partial charge on any atom is -0.313 e. The fourth-order valence-electron chi connectivity index (χ4n) is 3.02. The van der Waals surface area contributed by atoms with Crippen LogP contribution in [-0.4, -0.2) is 37.6 Å². The molecule has 2 heteroatoms. The summed E-state index contributed by atoms with van der Waals surface area (Å²) in [5, 5.41) is 3.80. The molecule has 1 aliphatic heterocycles. The van der Waals surface area contributed by atoms with Crippen LogP contribution in [-0.2, 0) is 0 Å². The van der Waals surface area contributed by atoms with Gasteiger partial charge < -0.3 is 10.2 Å². The van der Waals surface area contributed by atoms with Crippen molar-refractivity contribution in [3.05, 3.63) is 12.2 Å². The van der Waals surface area contributed by atoms with Gasteiger partial charge in [0.2, 0.25) is 0 Å². The van der Waals surface area contributed by atoms with Gasteiger partial charge >= 0.3 is 0 Å². The van der Waals surface area contributed by atoms with Gasteiger partial charge in [-0.3, -0.25) is 0 Å². The molecule has 3 unspecified atom stereocenters. The van der Waals surface area contributed by atoms with Gasteiger partial charge in [-0.05, 0) is 57.7 Å². The molecule has 2 aliphatic rings. The molecule has 0 spiro atoms. The van der Waals surface area contributed by atoms with E-state index in [9.17, 15) is 0 Å². The number of rotatable bonds is 3. The maximum atomic E-state index is 3.80. The van der Waals surface area contributed by atoms with Crippen molar-refractivity contribution in [2.45, 2.75) is 38.6 Å². The van der Waals surface area contributed by atoms with Crippen molar-refractivity contribution in [1.29, 1.82) is 0 Å². The number of hydrogen-bond donors (Lipinski definition) is 1. The highest BCUT2D eigenvalue weighted by Crippen LogP contribution is 2.19. The first-order valence-electron chi connectivity index (χ1n) is 6.82. The molecular weight excluding hydrogens is 196 g/mol. The summed E-state index contributed by atoms with van der Waals surface area (Å²) >= 11 is 0. The van der Waals surface area contributed by atoms with E-state index in [0.717, 1.165) is 17.9 Å². The maximum absolute atomic E-state index is 3.80. The molecule has 16 heavy (non-hydrogen) atoms. The third kappa shape index (κ3) is 3.33. The van der Waals surface area contributed by atoms with Gasteiger partial charge in [0.1, 0.15) is 0 Å². The Morgan fingerprint density at radius 1 is 1.31 bits per heavy atom. The summed E-state index contributed by atoms with van der Waals surface area (Å²) in [6, 6.07) is 0.752. The third-order valence-electron chi connectivity index (χ3n) is 4.15. The van der Waals surface area contributed by atoms with Crippen LogP contribution in [0.1, 0.15) is 32.6 Å². The summed E-state index contributed by atoms with van der Waals surface area (Å²) in [4.78, 5) is 2.45. The number of nitrogens with one attached hydrogen (secondary N) is 1. The molecule has 0 saturated carbocycles. The van der Waals surface area contributed by atoms with Crippen molar-refractivity contribution in [3.8, 4) is 0 Å². The Kier molecular flexibility index (Phi) is 4.42. The predicted molar refractivity (Wildman–Crippen MR) is 69.5 cm³/mol. The molecule has 3 atom stereocenters. The lowest BCUT2D eigenvalue weighted by atomic mass is 9.91. The first kappa shape index (κ1) is 12.1. The van der Waals surface area contributed by atoms with E-state index in [1.165, 1.54) is 45.3 Å². The van der Waals surface area contributed by atoms with Gasteiger partial charge in [0.15, 0.2) is 0 Å². The molecule has 0 aromatic heterocycles. The van der Waals surface area contributed by atoms with Crippen LogP contribution < -0.4 is 5.32 Å². The Hall–Kier alpha value is -0.340. The molecule has 1 aliphatic carbocycles. The number of likely N-dealkylation sites (tertiary alicyclic amines) is 1. The lowest BCUT2D eigenvalue weighted by molar-refractivity contribution is 0.170. The Balaban J connectivity index is 1.70. The summed E-state index contributed by atoms with van der Waals surface area (Å²) in [5.74, 6) is 1.69. The normalized spacial score (nSPS) is 36.5. The van der Waals surface area contributed by atoms with Gasteiger partial charge in [-0.15, -0.1) is 0 Å². The van der Waals surface area contributed by atoms with Crippen molar-refractivity contribution in [2.75, 3.05) is 26.7 Å². The second kappa shape index (κ2) is 5.83. The van der Waals surface area contributed by atoms with E-state index >= 15 is 0 Å². The van der Waals surface area contributed by atoms with E-state index in [0.29, 0.717) is 0 Å². The van der Waals surface area contributed by atoms with Crippen LogP contribution in [0.4, 0.5) is 0 Å². The van der Waals surface area contributed by atoms with Gasteiger partial charge in [0, 0.05) is 12.6 Å². The predicted octanol–water partition coefficient (Wildman–Crippen LogP) is 2.27. The monoisotopic (exact) mass is 222 g/mol. The highest BCUT2D eigenvalue weighted by molar-refractivity contribution is 4.91. The van der Waals surface area contributed by atoms with Gasteiger partial charge in [0.05, 0.1) is 0 Å². The molecular formula is C14H26N2. The van der Waals surface area contributed by atoms with Crippen LogP contribution in [0.5, 0.6) is 0 Å². The second-order valence-electron chi connectivity index (χ2n) is 5.69. The van der Waals surface area contributed by atoms with Crippen LogP contribution in [0.2, 0.25) is 0 Å². The minimum absolute atomic E-state index is 0.752. The van der Waals surface area contributed by atoms with E-state index in [4.69, 9.17) is 0 Å². The molecule has 1 N–H and O–H groups in total. The number of hydrogen-bond acceptors (Lipinski definition) is 2. The highest BCUT2D eigenvalue weighted by atomic mass is 15.1. The Morgan fingerprint density at radius 3 is 2.88 bits per heavy atom. The molecule has 0 aromatic carbocycles. The summed E-state index contributed by atoms with van der Waals surface area (Å²) < 4.78 is 0. The van der Waals surface area contributed by atoms with Crippen molar-refractivity contribution in [3.63, 3.8) is 0 Å². The second-order valence-corrected chi connectivity index (χ2v) is 5.69. The largest absolute Gasteiger partial charge is 0.313 e. The van der Waals surface area contributed by atoms with Crippen molar-refractivity contribution >= 4 is 0 Å². The van der Waals surface area contributed by atoms with Crippen molar-refractivity contribution in [1.82, 2.24) is 10.2 Å². The Morgan fingerprint density at radius 2 is 2.19 bits per heavy atom. The average Bonchev–Trinajstić information content (AvgIpc) is 2.29. The summed E-state index contributed by atoms with van der Waals surface area (Å²) in [6.45, 7) is 6.12. The smallest absolute Gasteiger partial charge is 0.0117 e. The van der Waals surface area contributed by atoms with Crippen LogP contribution in [0, 0.1) is 11.8 Å². The molecule has 0 bridgehead atoms. The molecule has 2 rings (SSSR count). The zero-order valence-electron chi connectivity index (χ0n) is 10.8. The summed E-state index contributed by atoms with van der Waals surface area (Å²) in [6.07, 6.45) is 9.96. The Bertz CT molecular complexity index is 237. The molecule has 0 aromatic rings. The quantitative estimate of drug-likeness (QED) is 0.737. The van der Waals surface area contributed by atoms with E-state index in [1.54, 1.807) is 0 Å². The minimum atomic E-state index is 0.752. The fraction of sp³-hybridized carbons (Fsp3) is 0.857. The van der Waals surface area contributed by atoms with E-state index in [2.05, 4.69) is 36.3 Å². The van der Waals surface area contributed by atoms with Gasteiger partial charge in [-0.1, -0.05) is 19.1 Å². The molecule has 92 valence electrons. The lowest BCUT2D eigenvalue weighted by Crippen LogP contribution is -2.48. The van der Waals surface area contributed by atoms with Crippen LogP contribution in [0.15, 0.2) is 12.2 Å². The average molecular weight is 222 g/mol. The standard InChI is InChI=1S/C14H26N2/c1-12-11-16(2)9-8-14(12)15-10-13-6-4-3-5-7-13/h3-4,12-15H,5-11H2,1-2H3. The van der Waals surface area contributed by atoms with Gasteiger partial charge in [-0.25, -0.2) is 0 Å². The zero-order chi connectivity index (χ0) is 11.4. The molecule has 0 amide bonds. The zero-order valence-corrected chi connectivity index (χ0v) is 10.8. The van der Waals surface area contributed by atoms with E-state index < -0.39 is 0 Å². The topological polar surface area (TPSA) is 15.3 Å². The lowest BCUT2D eigenvalue weighted by Gasteiger charge is -2.36. The summed E-state index contributed by atoms with van der Waals surface area (Å²) in [5.41, 5.74) is 0. The maximum Gasteiger partial charge on any atom is 0.0117 e. The number of nitrogens with zero attached hydrogens (tertiary/aromatic N) is 1. The van der Waals surface area contributed by atoms with Gasteiger partial charge in [0.25, 0.3) is 0 Å². The number of piperidine rings is 1. The fourth-order valence-corrected chi connectivity index (χ4v) is 3.02. The van der Waals surface area contributed by atoms with E-state index in [1.807, 2.05) is 0 Å². The SMILES string of the molecule is CC1CN(C)CCC1NCC1CC=CCC1. The molecule has 1 fully saturated rings. The molecule has 1 heterocycles. The first-order chi connectivity index (χ1) is 7.75. The van der Waals surface area contributed by atoms with Crippen LogP contribution >= 0.6 is 0 Å². The molecule has 1 saturated heterocycles. The Labute approximate surface area is 100 Å². The van der Waals surface area contributed by atoms with Crippen molar-refractivity contribution in [2.24, 2.45) is 11.8 Å². The number of allylic oxidation sites excluding steroid dienone is 2. The summed E-state index contributed by atoms with van der Waals surface area (Å²) in [7, 11) is 2.23. The van der Waals surface area contributed by atoms with E-state index in [-0.39, 0.29) is 0 Å². The first-order valence-corrected chi connectivity index (χ1v) is 6.82. The van der Waals surface area contributed by atoms with Gasteiger partial charge in [-0.2, -0.15) is 0 Å². The van der Waals surface area contributed by atoms with Crippen molar-refractivity contribution < 1.29 is 0 Å². The molecule has 2 nitrogen and oxygen atoms in total. The van der Waals surface area contributed by atoms with Crippen LogP contribution in [0.3, 0.4) is 0 Å².